The molecule has 3 aliphatic rings. The Bertz CT molecular complexity index is 805. The molecule has 4 heteroatoms. The summed E-state index contributed by atoms with van der Waals surface area (Å²) in [6.07, 6.45) is 13.3. The number of hydrogen-bond acceptors (Lipinski definition) is 2. The Kier molecular flexibility index (Phi) is 5.83. The van der Waals surface area contributed by atoms with Crippen molar-refractivity contribution >= 4 is 40.5 Å². The van der Waals surface area contributed by atoms with Crippen molar-refractivity contribution in [1.29, 1.82) is 0 Å². The van der Waals surface area contributed by atoms with Crippen LogP contribution in [0.4, 0.5) is 11.4 Å². The number of anilines is 2. The zero-order valence-corrected chi connectivity index (χ0v) is 18.7. The SMILES string of the molecule is S=C(N1c2ccccc2Sc2ccccc21)N(C1CCCCC1)C1CCCCC1. The van der Waals surface area contributed by atoms with Crippen LogP contribution in [-0.2, 0) is 0 Å². The van der Waals surface area contributed by atoms with E-state index in [1.165, 1.54) is 85.4 Å². The van der Waals surface area contributed by atoms with Gasteiger partial charge in [0.1, 0.15) is 0 Å². The predicted octanol–water partition coefficient (Wildman–Crippen LogP) is 7.54. The average Bonchev–Trinajstić information content (AvgIpc) is 2.79. The molecule has 0 amide bonds. The van der Waals surface area contributed by atoms with Gasteiger partial charge in [-0.05, 0) is 62.2 Å². The standard InChI is InChI=1S/C25H30N2S2/c28-25(26(19-11-3-1-4-12-19)20-13-5-2-6-14-20)27-21-15-7-9-17-23(21)29-24-18-10-8-16-22(24)27/h7-10,15-20H,1-6,11-14H2. The Morgan fingerprint density at radius 3 is 1.66 bits per heavy atom. The molecule has 0 N–H and O–H groups in total. The number of thiocarbonyl (C=S) groups is 1. The van der Waals surface area contributed by atoms with Crippen molar-refractivity contribution in [2.24, 2.45) is 0 Å². The van der Waals surface area contributed by atoms with Crippen LogP contribution in [0.5, 0.6) is 0 Å². The molecule has 2 aromatic carbocycles. The maximum absolute atomic E-state index is 6.35. The van der Waals surface area contributed by atoms with Gasteiger partial charge in [-0.25, -0.2) is 0 Å². The van der Waals surface area contributed by atoms with E-state index < -0.39 is 0 Å². The summed E-state index contributed by atoms with van der Waals surface area (Å²) in [5, 5.41) is 1.03. The van der Waals surface area contributed by atoms with Crippen molar-refractivity contribution in [3.05, 3.63) is 48.5 Å². The Hall–Kier alpha value is -1.52. The van der Waals surface area contributed by atoms with Gasteiger partial charge in [0, 0.05) is 21.9 Å². The lowest BCUT2D eigenvalue weighted by Crippen LogP contribution is -2.53. The third-order valence-corrected chi connectivity index (χ3v) is 8.30. The lowest BCUT2D eigenvalue weighted by Gasteiger charge is -2.47. The molecular weight excluding hydrogens is 392 g/mol. The number of hydrogen-bond donors (Lipinski definition) is 0. The Morgan fingerprint density at radius 1 is 0.724 bits per heavy atom. The van der Waals surface area contributed by atoms with Crippen molar-refractivity contribution < 1.29 is 0 Å². The van der Waals surface area contributed by atoms with Crippen molar-refractivity contribution in [1.82, 2.24) is 4.90 Å². The molecule has 2 saturated carbocycles. The molecule has 152 valence electrons. The van der Waals surface area contributed by atoms with Crippen LogP contribution in [0.15, 0.2) is 58.3 Å². The maximum atomic E-state index is 6.35. The first-order valence-electron chi connectivity index (χ1n) is 11.3. The Labute approximate surface area is 184 Å². The van der Waals surface area contributed by atoms with Gasteiger partial charge in [0.15, 0.2) is 5.11 Å². The van der Waals surface area contributed by atoms with Crippen molar-refractivity contribution in [2.45, 2.75) is 86.1 Å². The number of nitrogens with zero attached hydrogens (tertiary/aromatic N) is 2. The van der Waals surface area contributed by atoms with E-state index in [4.69, 9.17) is 12.2 Å². The molecule has 0 aromatic heterocycles. The normalized spacial score (nSPS) is 20.1. The van der Waals surface area contributed by atoms with E-state index >= 15 is 0 Å². The van der Waals surface area contributed by atoms with Crippen molar-refractivity contribution in [3.63, 3.8) is 0 Å². The van der Waals surface area contributed by atoms with Crippen LogP contribution < -0.4 is 4.90 Å². The van der Waals surface area contributed by atoms with Crippen LogP contribution in [0.25, 0.3) is 0 Å². The summed E-state index contributed by atoms with van der Waals surface area (Å²) in [5.41, 5.74) is 2.50. The molecule has 1 heterocycles. The van der Waals surface area contributed by atoms with Gasteiger partial charge in [-0.2, -0.15) is 0 Å². The monoisotopic (exact) mass is 422 g/mol. The highest BCUT2D eigenvalue weighted by atomic mass is 32.2. The van der Waals surface area contributed by atoms with Crippen molar-refractivity contribution in [2.75, 3.05) is 4.90 Å². The lowest BCUT2D eigenvalue weighted by molar-refractivity contribution is 0.159. The Balaban J connectivity index is 1.56. The third-order valence-electron chi connectivity index (χ3n) is 6.78. The largest absolute Gasteiger partial charge is 0.343 e. The van der Waals surface area contributed by atoms with Gasteiger partial charge >= 0.3 is 0 Å². The van der Waals surface area contributed by atoms with Gasteiger partial charge in [-0.15, -0.1) is 0 Å². The molecule has 2 nitrogen and oxygen atoms in total. The van der Waals surface area contributed by atoms with Crippen LogP contribution in [0.3, 0.4) is 0 Å². The smallest absolute Gasteiger partial charge is 0.181 e. The molecular formula is C25H30N2S2. The van der Waals surface area contributed by atoms with E-state index in [1.54, 1.807) is 0 Å². The highest BCUT2D eigenvalue weighted by Crippen LogP contribution is 2.49. The summed E-state index contributed by atoms with van der Waals surface area (Å²) in [6, 6.07) is 18.7. The minimum Gasteiger partial charge on any atom is -0.343 e. The van der Waals surface area contributed by atoms with Crippen LogP contribution in [0.1, 0.15) is 64.2 Å². The number of benzene rings is 2. The number of para-hydroxylation sites is 2. The van der Waals surface area contributed by atoms with E-state index in [9.17, 15) is 0 Å². The summed E-state index contributed by atoms with van der Waals surface area (Å²) >= 11 is 8.22. The first-order valence-corrected chi connectivity index (χ1v) is 12.5. The third kappa shape index (κ3) is 3.82. The van der Waals surface area contributed by atoms with E-state index in [2.05, 4.69) is 58.3 Å². The fraction of sp³-hybridized carbons (Fsp3) is 0.480. The summed E-state index contributed by atoms with van der Waals surface area (Å²) < 4.78 is 0. The van der Waals surface area contributed by atoms with Gasteiger partial charge < -0.3 is 4.90 Å². The van der Waals surface area contributed by atoms with Crippen LogP contribution in [0.2, 0.25) is 0 Å². The molecule has 0 bridgehead atoms. The summed E-state index contributed by atoms with van der Waals surface area (Å²) in [5.74, 6) is 0. The molecule has 2 aliphatic carbocycles. The minimum atomic E-state index is 0.605. The summed E-state index contributed by atoms with van der Waals surface area (Å²) in [4.78, 5) is 7.69. The highest BCUT2D eigenvalue weighted by Gasteiger charge is 2.36. The summed E-state index contributed by atoms with van der Waals surface area (Å²) in [7, 11) is 0. The molecule has 2 fully saturated rings. The first kappa shape index (κ1) is 19.4. The fourth-order valence-electron chi connectivity index (χ4n) is 5.36. The molecule has 0 spiro atoms. The molecule has 29 heavy (non-hydrogen) atoms. The molecule has 0 unspecified atom stereocenters. The number of rotatable bonds is 2. The van der Waals surface area contributed by atoms with Gasteiger partial charge in [-0.3, -0.25) is 4.90 Å². The fourth-order valence-corrected chi connectivity index (χ4v) is 6.91. The molecule has 0 radical (unpaired) electrons. The van der Waals surface area contributed by atoms with E-state index in [0.29, 0.717) is 12.1 Å². The first-order chi connectivity index (χ1) is 14.3. The average molecular weight is 423 g/mol. The lowest BCUT2D eigenvalue weighted by atomic mass is 9.89. The highest BCUT2D eigenvalue weighted by molar-refractivity contribution is 7.99. The minimum absolute atomic E-state index is 0.605. The van der Waals surface area contributed by atoms with Crippen molar-refractivity contribution in [3.8, 4) is 0 Å². The van der Waals surface area contributed by atoms with Crippen LogP contribution >= 0.6 is 24.0 Å². The van der Waals surface area contributed by atoms with E-state index in [1.807, 2.05) is 11.8 Å². The second-order valence-corrected chi connectivity index (χ2v) is 10.1. The van der Waals surface area contributed by atoms with Gasteiger partial charge in [-0.1, -0.05) is 74.6 Å². The van der Waals surface area contributed by atoms with Gasteiger partial charge in [0.2, 0.25) is 0 Å². The maximum Gasteiger partial charge on any atom is 0.181 e. The number of fused-ring (bicyclic) bond motifs is 2. The molecule has 2 aromatic rings. The predicted molar refractivity (Wildman–Crippen MR) is 127 cm³/mol. The molecule has 5 rings (SSSR count). The van der Waals surface area contributed by atoms with Gasteiger partial charge in [0.05, 0.1) is 11.4 Å². The van der Waals surface area contributed by atoms with E-state index in [0.717, 1.165) is 5.11 Å². The van der Waals surface area contributed by atoms with Crippen LogP contribution in [0, 0.1) is 0 Å². The second-order valence-electron chi connectivity index (χ2n) is 8.65. The topological polar surface area (TPSA) is 6.48 Å². The quantitative estimate of drug-likeness (QED) is 0.461. The van der Waals surface area contributed by atoms with E-state index in [-0.39, 0.29) is 0 Å². The zero-order chi connectivity index (χ0) is 19.6. The van der Waals surface area contributed by atoms with Gasteiger partial charge in [0.25, 0.3) is 0 Å². The Morgan fingerprint density at radius 2 is 1.17 bits per heavy atom. The second kappa shape index (κ2) is 8.69. The molecule has 1 aliphatic heterocycles. The molecule has 0 saturated heterocycles. The zero-order valence-electron chi connectivity index (χ0n) is 17.1. The molecule has 0 atom stereocenters. The summed E-state index contributed by atoms with van der Waals surface area (Å²) in [6.45, 7) is 0. The van der Waals surface area contributed by atoms with Crippen LogP contribution in [-0.4, -0.2) is 22.1 Å².